The van der Waals surface area contributed by atoms with Crippen LogP contribution in [0.15, 0.2) is 24.4 Å². The van der Waals surface area contributed by atoms with Crippen LogP contribution in [0.5, 0.6) is 5.88 Å². The number of hydrogen-bond acceptors (Lipinski definition) is 7. The minimum absolute atomic E-state index is 0.0463. The highest BCUT2D eigenvalue weighted by Gasteiger charge is 2.37. The number of likely N-dealkylation sites (tertiary alicyclic amines) is 1. The Bertz CT molecular complexity index is 1170. The zero-order valence-corrected chi connectivity index (χ0v) is 19.0. The lowest BCUT2D eigenvalue weighted by atomic mass is 9.99. The molecule has 5 amide bonds. The van der Waals surface area contributed by atoms with Crippen LogP contribution in [0, 0.1) is 0 Å². The Kier molecular flexibility index (Phi) is 5.71. The monoisotopic (exact) mass is 468 g/mol. The number of hydrogen-bond donors (Lipinski definition) is 2. The van der Waals surface area contributed by atoms with E-state index in [9.17, 15) is 14.4 Å². The summed E-state index contributed by atoms with van der Waals surface area (Å²) in [6, 6.07) is -0.778. The van der Waals surface area contributed by atoms with E-state index >= 15 is 0 Å². The summed E-state index contributed by atoms with van der Waals surface area (Å²) in [7, 11) is 1.55. The fraction of sp³-hybridized carbons (Fsp3) is 0.409. The van der Waals surface area contributed by atoms with Crippen molar-refractivity contribution in [1.29, 1.82) is 0 Å². The molecule has 172 valence electrons. The number of urea groups is 2. The number of carbonyl (C=O) groups is 3. The van der Waals surface area contributed by atoms with Crippen LogP contribution in [0.1, 0.15) is 31.2 Å². The molecule has 33 heavy (non-hydrogen) atoms. The maximum absolute atomic E-state index is 12.9. The van der Waals surface area contributed by atoms with E-state index in [2.05, 4.69) is 32.8 Å². The number of allylic oxidation sites excluding steroid dienone is 4. The highest BCUT2D eigenvalue weighted by atomic mass is 32.1. The highest BCUT2D eigenvalue weighted by Crippen LogP contribution is 2.38. The van der Waals surface area contributed by atoms with Gasteiger partial charge in [-0.1, -0.05) is 29.6 Å². The number of pyridine rings is 1. The van der Waals surface area contributed by atoms with Gasteiger partial charge in [-0.3, -0.25) is 15.0 Å². The van der Waals surface area contributed by atoms with Gasteiger partial charge in [0.25, 0.3) is 0 Å². The second-order valence-corrected chi connectivity index (χ2v) is 9.11. The highest BCUT2D eigenvalue weighted by molar-refractivity contribution is 7.22. The van der Waals surface area contributed by atoms with Gasteiger partial charge < -0.3 is 15.0 Å². The summed E-state index contributed by atoms with van der Waals surface area (Å²) in [6.07, 6.45) is 11.1. The third-order valence-electron chi connectivity index (χ3n) is 6.15. The second kappa shape index (κ2) is 8.81. The van der Waals surface area contributed by atoms with Gasteiger partial charge >= 0.3 is 12.1 Å². The normalized spacial score (nSPS) is 19.1. The fourth-order valence-corrected chi connectivity index (χ4v) is 5.44. The zero-order chi connectivity index (χ0) is 22.9. The number of nitrogens with one attached hydrogen (secondary N) is 2. The molecule has 11 heteroatoms. The first-order valence-electron chi connectivity index (χ1n) is 10.9. The molecule has 0 bridgehead atoms. The summed E-state index contributed by atoms with van der Waals surface area (Å²) < 4.78 is 6.32. The van der Waals surface area contributed by atoms with Gasteiger partial charge in [0, 0.05) is 30.9 Å². The largest absolute Gasteiger partial charge is 0.479 e. The van der Waals surface area contributed by atoms with Crippen LogP contribution >= 0.6 is 11.3 Å². The smallest absolute Gasteiger partial charge is 0.324 e. The van der Waals surface area contributed by atoms with Crippen LogP contribution in [0.25, 0.3) is 15.8 Å². The Labute approximate surface area is 194 Å². The number of anilines is 1. The van der Waals surface area contributed by atoms with Gasteiger partial charge in [0.1, 0.15) is 5.52 Å². The van der Waals surface area contributed by atoms with Gasteiger partial charge in [0.2, 0.25) is 11.8 Å². The van der Waals surface area contributed by atoms with Gasteiger partial charge in [-0.15, -0.1) is 0 Å². The number of imide groups is 1. The van der Waals surface area contributed by atoms with Gasteiger partial charge in [-0.05, 0) is 31.3 Å². The number of thiazole rings is 1. The molecule has 2 N–H and O–H groups in total. The lowest BCUT2D eigenvalue weighted by Gasteiger charge is -2.34. The number of fused-ring (bicyclic) bond motifs is 1. The van der Waals surface area contributed by atoms with Crippen molar-refractivity contribution in [3.05, 3.63) is 30.0 Å². The van der Waals surface area contributed by atoms with Crippen molar-refractivity contribution < 1.29 is 19.1 Å². The molecule has 2 fully saturated rings. The van der Waals surface area contributed by atoms with E-state index in [0.29, 0.717) is 42.5 Å². The number of nitrogens with zero attached hydrogens (tertiary/aromatic N) is 4. The van der Waals surface area contributed by atoms with Crippen molar-refractivity contribution in [2.45, 2.75) is 31.7 Å². The van der Waals surface area contributed by atoms with E-state index in [0.717, 1.165) is 23.1 Å². The summed E-state index contributed by atoms with van der Waals surface area (Å²) in [5.74, 6) is 0.214. The number of methoxy groups -OCH3 is 1. The first kappa shape index (κ1) is 21.4. The molecular formula is C22H24N6O4S. The SMILES string of the molecule is COc1ncc(C2=CC=CCC2)c2sc(NC(=O)N3CCC(N4C(=O)CNC4=O)CC3)nc12. The second-order valence-electron chi connectivity index (χ2n) is 8.11. The van der Waals surface area contributed by atoms with Gasteiger partial charge in [0.05, 0.1) is 18.4 Å². The van der Waals surface area contributed by atoms with Crippen molar-refractivity contribution in [2.24, 2.45) is 0 Å². The lowest BCUT2D eigenvalue weighted by Crippen LogP contribution is -2.49. The first-order chi connectivity index (χ1) is 16.0. The predicted molar refractivity (Wildman–Crippen MR) is 124 cm³/mol. The lowest BCUT2D eigenvalue weighted by molar-refractivity contribution is -0.127. The van der Waals surface area contributed by atoms with E-state index in [1.807, 2.05) is 6.08 Å². The number of piperidine rings is 1. The molecule has 2 aromatic heterocycles. The maximum Gasteiger partial charge on any atom is 0.324 e. The Morgan fingerprint density at radius 1 is 1.30 bits per heavy atom. The summed E-state index contributed by atoms with van der Waals surface area (Å²) in [6.45, 7) is 0.951. The summed E-state index contributed by atoms with van der Waals surface area (Å²) >= 11 is 1.40. The molecule has 4 heterocycles. The Balaban J connectivity index is 1.31. The molecule has 0 saturated carbocycles. The van der Waals surface area contributed by atoms with E-state index in [1.165, 1.54) is 21.8 Å². The summed E-state index contributed by atoms with van der Waals surface area (Å²) in [5, 5.41) is 5.93. The number of ether oxygens (including phenoxy) is 1. The minimum atomic E-state index is -0.348. The van der Waals surface area contributed by atoms with Crippen molar-refractivity contribution in [3.63, 3.8) is 0 Å². The zero-order valence-electron chi connectivity index (χ0n) is 18.2. The molecule has 0 atom stereocenters. The van der Waals surface area contributed by atoms with Crippen LogP contribution in [-0.2, 0) is 4.79 Å². The van der Waals surface area contributed by atoms with Crippen molar-refractivity contribution in [1.82, 2.24) is 25.1 Å². The van der Waals surface area contributed by atoms with E-state index in [-0.39, 0.29) is 30.6 Å². The standard InChI is InChI=1S/C22H24N6O4S/c1-32-19-17-18(15(11-23-19)13-5-3-2-4-6-13)33-20(25-17)26-22(31)27-9-7-14(8-10-27)28-16(29)12-24-21(28)30/h2-3,5,11,14H,4,6-10,12H2,1H3,(H,24,30)(H,25,26,31). The fourth-order valence-electron chi connectivity index (χ4n) is 4.45. The topological polar surface area (TPSA) is 117 Å². The van der Waals surface area contributed by atoms with Crippen LogP contribution in [0.2, 0.25) is 0 Å². The predicted octanol–water partition coefficient (Wildman–Crippen LogP) is 2.98. The van der Waals surface area contributed by atoms with E-state index < -0.39 is 0 Å². The molecule has 5 rings (SSSR count). The molecule has 0 spiro atoms. The Hall–Kier alpha value is -3.47. The van der Waals surface area contributed by atoms with E-state index in [4.69, 9.17) is 4.74 Å². The van der Waals surface area contributed by atoms with Gasteiger partial charge in [0.15, 0.2) is 5.13 Å². The molecule has 2 aromatic rings. The Morgan fingerprint density at radius 3 is 2.79 bits per heavy atom. The van der Waals surface area contributed by atoms with Crippen molar-refractivity contribution in [2.75, 3.05) is 32.1 Å². The Morgan fingerprint density at radius 2 is 2.12 bits per heavy atom. The third kappa shape index (κ3) is 4.04. The molecule has 0 unspecified atom stereocenters. The molecule has 3 aliphatic rings. The van der Waals surface area contributed by atoms with Crippen LogP contribution in [0.4, 0.5) is 14.7 Å². The summed E-state index contributed by atoms with van der Waals surface area (Å²) in [5.41, 5.74) is 2.81. The van der Waals surface area contributed by atoms with E-state index in [1.54, 1.807) is 18.2 Å². The van der Waals surface area contributed by atoms with Crippen molar-refractivity contribution in [3.8, 4) is 5.88 Å². The number of carbonyl (C=O) groups excluding carboxylic acids is 3. The number of aromatic nitrogens is 2. The third-order valence-corrected chi connectivity index (χ3v) is 7.15. The molecule has 0 aromatic carbocycles. The average Bonchev–Trinajstić information content (AvgIpc) is 3.41. The molecule has 1 aliphatic carbocycles. The summed E-state index contributed by atoms with van der Waals surface area (Å²) in [4.78, 5) is 48.7. The van der Waals surface area contributed by atoms with Crippen LogP contribution in [-0.4, -0.2) is 70.5 Å². The van der Waals surface area contributed by atoms with Gasteiger partial charge in [-0.25, -0.2) is 19.6 Å². The quantitative estimate of drug-likeness (QED) is 0.667. The molecule has 0 radical (unpaired) electrons. The molecular weight excluding hydrogens is 444 g/mol. The number of amides is 5. The van der Waals surface area contributed by atoms with Crippen LogP contribution in [0.3, 0.4) is 0 Å². The minimum Gasteiger partial charge on any atom is -0.479 e. The average molecular weight is 469 g/mol. The van der Waals surface area contributed by atoms with Crippen molar-refractivity contribution >= 4 is 50.2 Å². The maximum atomic E-state index is 12.9. The molecule has 2 aliphatic heterocycles. The van der Waals surface area contributed by atoms with Crippen LogP contribution < -0.4 is 15.4 Å². The number of rotatable bonds is 4. The first-order valence-corrected chi connectivity index (χ1v) is 11.7. The van der Waals surface area contributed by atoms with Gasteiger partial charge in [-0.2, -0.15) is 0 Å². The molecule has 2 saturated heterocycles. The molecule has 10 nitrogen and oxygen atoms in total.